The first-order valence-corrected chi connectivity index (χ1v) is 11.7. The molecule has 4 rings (SSSR count). The van der Waals surface area contributed by atoms with Gasteiger partial charge in [0.15, 0.2) is 0 Å². The third-order valence-corrected chi connectivity index (χ3v) is 7.41. The molecular weight excluding hydrogens is 440 g/mol. The SMILES string of the molecule is Cc1nc(-c2cccs2)sc1C(=O)NCC(=O)N1CCN(c2ccc(Cl)cc2)CC1. The zero-order chi connectivity index (χ0) is 21.1. The molecule has 2 amide bonds. The minimum atomic E-state index is -0.249. The van der Waals surface area contributed by atoms with Crippen LogP contribution in [0.1, 0.15) is 15.4 Å². The summed E-state index contributed by atoms with van der Waals surface area (Å²) in [6.07, 6.45) is 0. The third-order valence-electron chi connectivity index (χ3n) is 4.96. The molecule has 1 aromatic carbocycles. The Morgan fingerprint density at radius 3 is 2.53 bits per heavy atom. The maximum Gasteiger partial charge on any atom is 0.263 e. The normalized spacial score (nSPS) is 14.1. The van der Waals surface area contributed by atoms with Crippen molar-refractivity contribution in [3.8, 4) is 9.88 Å². The fourth-order valence-electron chi connectivity index (χ4n) is 3.33. The van der Waals surface area contributed by atoms with Crippen LogP contribution in [0.3, 0.4) is 0 Å². The van der Waals surface area contributed by atoms with Crippen molar-refractivity contribution < 1.29 is 9.59 Å². The fraction of sp³-hybridized carbons (Fsp3) is 0.286. The first-order chi connectivity index (χ1) is 14.5. The summed E-state index contributed by atoms with van der Waals surface area (Å²) >= 11 is 8.90. The minimum absolute atomic E-state index is 0.00848. The lowest BCUT2D eigenvalue weighted by Crippen LogP contribution is -2.51. The first kappa shape index (κ1) is 20.8. The van der Waals surface area contributed by atoms with Gasteiger partial charge >= 0.3 is 0 Å². The predicted molar refractivity (Wildman–Crippen MR) is 123 cm³/mol. The zero-order valence-corrected chi connectivity index (χ0v) is 18.8. The number of hydrogen-bond acceptors (Lipinski definition) is 6. The van der Waals surface area contributed by atoms with Gasteiger partial charge in [-0.05, 0) is 42.6 Å². The number of carbonyl (C=O) groups is 2. The summed E-state index contributed by atoms with van der Waals surface area (Å²) in [5.74, 6) is -0.319. The van der Waals surface area contributed by atoms with Crippen molar-refractivity contribution >= 4 is 51.8 Å². The van der Waals surface area contributed by atoms with Gasteiger partial charge in [0.05, 0.1) is 17.1 Å². The topological polar surface area (TPSA) is 65.5 Å². The summed E-state index contributed by atoms with van der Waals surface area (Å²) in [6, 6.07) is 11.7. The van der Waals surface area contributed by atoms with E-state index in [1.165, 1.54) is 11.3 Å². The molecule has 6 nitrogen and oxygen atoms in total. The van der Waals surface area contributed by atoms with Gasteiger partial charge in [-0.25, -0.2) is 4.98 Å². The maximum atomic E-state index is 12.6. The molecule has 1 N–H and O–H groups in total. The largest absolute Gasteiger partial charge is 0.368 e. The summed E-state index contributed by atoms with van der Waals surface area (Å²) < 4.78 is 0. The van der Waals surface area contributed by atoms with Crippen LogP contribution < -0.4 is 10.2 Å². The second-order valence-corrected chi connectivity index (χ2v) is 9.32. The van der Waals surface area contributed by atoms with Gasteiger partial charge in [0, 0.05) is 36.9 Å². The van der Waals surface area contributed by atoms with Gasteiger partial charge in [-0.3, -0.25) is 9.59 Å². The molecular formula is C21H21ClN4O2S2. The Balaban J connectivity index is 1.29. The maximum absolute atomic E-state index is 12.6. The standard InChI is InChI=1S/C21H21ClN4O2S2/c1-14-19(30-21(24-14)17-3-2-12-29-17)20(28)23-13-18(27)26-10-8-25(9-11-26)16-6-4-15(22)5-7-16/h2-7,12H,8-11,13H2,1H3,(H,23,28). The van der Waals surface area contributed by atoms with Crippen LogP contribution in [-0.2, 0) is 4.79 Å². The van der Waals surface area contributed by atoms with E-state index in [0.29, 0.717) is 28.7 Å². The molecule has 1 fully saturated rings. The van der Waals surface area contributed by atoms with Crippen LogP contribution >= 0.6 is 34.3 Å². The van der Waals surface area contributed by atoms with Gasteiger partial charge in [-0.1, -0.05) is 17.7 Å². The Hall–Kier alpha value is -2.42. The van der Waals surface area contributed by atoms with Gasteiger partial charge in [-0.2, -0.15) is 0 Å². The van der Waals surface area contributed by atoms with Crippen molar-refractivity contribution in [1.82, 2.24) is 15.2 Å². The molecule has 0 atom stereocenters. The number of anilines is 1. The summed E-state index contributed by atoms with van der Waals surface area (Å²) in [5.41, 5.74) is 1.78. The second-order valence-electron chi connectivity index (χ2n) is 6.94. The molecule has 2 aromatic heterocycles. The number of rotatable bonds is 5. The highest BCUT2D eigenvalue weighted by Gasteiger charge is 2.23. The van der Waals surface area contributed by atoms with E-state index in [0.717, 1.165) is 28.7 Å². The molecule has 1 aliphatic rings. The summed E-state index contributed by atoms with van der Waals surface area (Å²) in [7, 11) is 0. The summed E-state index contributed by atoms with van der Waals surface area (Å²) in [4.78, 5) is 35.2. The van der Waals surface area contributed by atoms with E-state index in [4.69, 9.17) is 11.6 Å². The minimum Gasteiger partial charge on any atom is -0.368 e. The van der Waals surface area contributed by atoms with E-state index in [1.807, 2.05) is 48.7 Å². The predicted octanol–water partition coefficient (Wildman–Crippen LogP) is 3.91. The number of thiophene rings is 1. The Morgan fingerprint density at radius 1 is 1.13 bits per heavy atom. The lowest BCUT2D eigenvalue weighted by atomic mass is 10.2. The Labute approximate surface area is 188 Å². The van der Waals surface area contributed by atoms with E-state index in [9.17, 15) is 9.59 Å². The number of hydrogen-bond donors (Lipinski definition) is 1. The number of halogens is 1. The van der Waals surface area contributed by atoms with Crippen LogP contribution in [-0.4, -0.2) is 54.4 Å². The van der Waals surface area contributed by atoms with E-state index < -0.39 is 0 Å². The molecule has 30 heavy (non-hydrogen) atoms. The highest BCUT2D eigenvalue weighted by molar-refractivity contribution is 7.22. The Kier molecular flexibility index (Phi) is 6.36. The number of aryl methyl sites for hydroxylation is 1. The second kappa shape index (κ2) is 9.16. The Morgan fingerprint density at radius 2 is 1.87 bits per heavy atom. The van der Waals surface area contributed by atoms with E-state index in [-0.39, 0.29) is 18.4 Å². The highest BCUT2D eigenvalue weighted by atomic mass is 35.5. The van der Waals surface area contributed by atoms with Crippen LogP contribution in [0, 0.1) is 6.92 Å². The van der Waals surface area contributed by atoms with Gasteiger partial charge in [0.1, 0.15) is 9.88 Å². The van der Waals surface area contributed by atoms with Crippen LogP contribution in [0.15, 0.2) is 41.8 Å². The first-order valence-electron chi connectivity index (χ1n) is 9.59. The zero-order valence-electron chi connectivity index (χ0n) is 16.4. The van der Waals surface area contributed by atoms with Gasteiger partial charge < -0.3 is 15.1 Å². The van der Waals surface area contributed by atoms with Gasteiger partial charge in [-0.15, -0.1) is 22.7 Å². The third kappa shape index (κ3) is 4.66. The monoisotopic (exact) mass is 460 g/mol. The fourth-order valence-corrected chi connectivity index (χ4v) is 5.23. The highest BCUT2D eigenvalue weighted by Crippen LogP contribution is 2.31. The molecule has 156 valence electrons. The number of piperazine rings is 1. The molecule has 0 radical (unpaired) electrons. The van der Waals surface area contributed by atoms with Crippen molar-refractivity contribution in [1.29, 1.82) is 0 Å². The van der Waals surface area contributed by atoms with E-state index >= 15 is 0 Å². The van der Waals surface area contributed by atoms with Crippen LogP contribution in [0.25, 0.3) is 9.88 Å². The number of nitrogens with one attached hydrogen (secondary N) is 1. The van der Waals surface area contributed by atoms with Crippen LogP contribution in [0.4, 0.5) is 5.69 Å². The molecule has 0 unspecified atom stereocenters. The molecule has 9 heteroatoms. The molecule has 3 aromatic rings. The summed E-state index contributed by atoms with van der Waals surface area (Å²) in [5, 5.41) is 6.28. The molecule has 1 saturated heterocycles. The van der Waals surface area contributed by atoms with Crippen molar-refractivity contribution in [2.24, 2.45) is 0 Å². The molecule has 1 aliphatic heterocycles. The lowest BCUT2D eigenvalue weighted by Gasteiger charge is -2.36. The Bertz CT molecular complexity index is 1030. The summed E-state index contributed by atoms with van der Waals surface area (Å²) in [6.45, 7) is 4.56. The molecule has 0 saturated carbocycles. The number of benzene rings is 1. The van der Waals surface area contributed by atoms with E-state index in [2.05, 4.69) is 15.2 Å². The average molecular weight is 461 g/mol. The quantitative estimate of drug-likeness (QED) is 0.626. The van der Waals surface area contributed by atoms with Crippen molar-refractivity contribution in [2.75, 3.05) is 37.6 Å². The molecule has 3 heterocycles. The van der Waals surface area contributed by atoms with Gasteiger partial charge in [0.2, 0.25) is 5.91 Å². The number of nitrogens with zero attached hydrogens (tertiary/aromatic N) is 3. The number of amides is 2. The lowest BCUT2D eigenvalue weighted by molar-refractivity contribution is -0.130. The van der Waals surface area contributed by atoms with E-state index in [1.54, 1.807) is 16.2 Å². The van der Waals surface area contributed by atoms with Crippen molar-refractivity contribution in [3.05, 3.63) is 57.4 Å². The smallest absolute Gasteiger partial charge is 0.263 e. The van der Waals surface area contributed by atoms with Crippen molar-refractivity contribution in [2.45, 2.75) is 6.92 Å². The van der Waals surface area contributed by atoms with Crippen LogP contribution in [0.5, 0.6) is 0 Å². The number of aromatic nitrogens is 1. The van der Waals surface area contributed by atoms with Crippen molar-refractivity contribution in [3.63, 3.8) is 0 Å². The molecule has 0 aliphatic carbocycles. The number of thiazole rings is 1. The van der Waals surface area contributed by atoms with Gasteiger partial charge in [0.25, 0.3) is 5.91 Å². The molecule has 0 spiro atoms. The number of carbonyl (C=O) groups excluding carboxylic acids is 2. The van der Waals surface area contributed by atoms with Crippen LogP contribution in [0.2, 0.25) is 5.02 Å². The molecule has 0 bridgehead atoms. The average Bonchev–Trinajstić information content (AvgIpc) is 3.42.